The third-order valence-electron chi connectivity index (χ3n) is 18.8. The highest BCUT2D eigenvalue weighted by atomic mass is 19.1. The van der Waals surface area contributed by atoms with Gasteiger partial charge in [0.25, 0.3) is 0 Å². The smallest absolute Gasteiger partial charge is 0.410 e. The maximum absolute atomic E-state index is 17.0. The van der Waals surface area contributed by atoms with Crippen LogP contribution in [0.2, 0.25) is 0 Å². The van der Waals surface area contributed by atoms with Crippen LogP contribution >= 0.6 is 0 Å². The van der Waals surface area contributed by atoms with E-state index in [0.29, 0.717) is 100.0 Å². The van der Waals surface area contributed by atoms with Gasteiger partial charge in [-0.2, -0.15) is 15.1 Å². The Morgan fingerprint density at radius 3 is 2.36 bits per heavy atom. The Kier molecular flexibility index (Phi) is 18.2. The summed E-state index contributed by atoms with van der Waals surface area (Å²) in [6.45, 7) is 14.9. The lowest BCUT2D eigenvalue weighted by Gasteiger charge is -2.30. The number of halogens is 1. The van der Waals surface area contributed by atoms with Crippen LogP contribution in [0.1, 0.15) is 145 Å². The van der Waals surface area contributed by atoms with Crippen molar-refractivity contribution in [3.8, 4) is 45.5 Å². The van der Waals surface area contributed by atoms with E-state index < -0.39 is 54.1 Å². The molecule has 496 valence electrons. The van der Waals surface area contributed by atoms with Crippen LogP contribution in [0.15, 0.2) is 83.9 Å². The Balaban J connectivity index is 0.817. The summed E-state index contributed by atoms with van der Waals surface area (Å²) in [6.07, 6.45) is 9.96. The van der Waals surface area contributed by atoms with Gasteiger partial charge in [0.15, 0.2) is 24.1 Å². The summed E-state index contributed by atoms with van der Waals surface area (Å²) in [5.41, 5.74) is 7.34. The molecule has 0 spiro atoms. The number of hydrogen-bond acceptors (Lipinski definition) is 18. The number of anilines is 1. The van der Waals surface area contributed by atoms with Crippen LogP contribution in [0, 0.1) is 25.6 Å². The summed E-state index contributed by atoms with van der Waals surface area (Å²) in [6, 6.07) is 15.9. The molecular weight excluding hydrogens is 1200 g/mol. The number of nitrogens with one attached hydrogen (secondary N) is 1. The maximum Gasteiger partial charge on any atom is 0.410 e. The normalized spacial score (nSPS) is 20.7. The molecule has 3 amide bonds. The second-order valence-corrected chi connectivity index (χ2v) is 27.1. The molecule has 8 heterocycles. The van der Waals surface area contributed by atoms with Crippen LogP contribution in [-0.2, 0) is 30.4 Å². The van der Waals surface area contributed by atoms with Gasteiger partial charge in [-0.3, -0.25) is 9.59 Å². The van der Waals surface area contributed by atoms with Gasteiger partial charge in [-0.15, -0.1) is 5.10 Å². The number of likely N-dealkylation sites (tertiary alicyclic amines) is 2. The Morgan fingerprint density at radius 2 is 1.67 bits per heavy atom. The third-order valence-corrected chi connectivity index (χ3v) is 18.8. The molecule has 5 aliphatic rings. The second-order valence-electron chi connectivity index (χ2n) is 27.1. The van der Waals surface area contributed by atoms with E-state index in [4.69, 9.17) is 43.2 Å². The van der Waals surface area contributed by atoms with E-state index in [2.05, 4.69) is 31.6 Å². The monoisotopic (exact) mass is 1290 g/mol. The number of amides is 3. The molecular formula is C70H83FN12O11. The SMILES string of the molecule is Cc1ncoc1-c1ccc([C@H](CO)NC(=O)[C@@H]2C[C@@H](O)CN2C(=O)[C@H](C(C)C)n2cc(-c3ccc(COc4c(-c5c(C)c(F)cc6c5cnn6C5CCCCO5)c(C5CC5)cc5c(N(C)[C@H]6CCN(C(=O)OC(C)(C)C)C6)nc(OC[C@@H]6CCCO6)nc45)cc3)nn2)cc1. The van der Waals surface area contributed by atoms with Crippen molar-refractivity contribution in [1.82, 2.24) is 54.8 Å². The number of carbonyl (C=O) groups excluding carboxylic acids is 3. The number of β-amino-alcohol motifs (C(OH)–C–C–N with tert-alkyl or cyclic N) is 1. The summed E-state index contributed by atoms with van der Waals surface area (Å²) in [5, 5.41) is 39.8. The zero-order valence-corrected chi connectivity index (χ0v) is 54.6. The predicted molar refractivity (Wildman–Crippen MR) is 347 cm³/mol. The first-order valence-corrected chi connectivity index (χ1v) is 32.9. The van der Waals surface area contributed by atoms with E-state index in [1.807, 2.05) is 95.9 Å². The van der Waals surface area contributed by atoms with Crippen LogP contribution in [0.5, 0.6) is 11.8 Å². The first-order chi connectivity index (χ1) is 45.3. The maximum atomic E-state index is 17.0. The van der Waals surface area contributed by atoms with Gasteiger partial charge in [0, 0.05) is 91.5 Å². The number of carbonyl (C=O) groups is 3. The summed E-state index contributed by atoms with van der Waals surface area (Å²) >= 11 is 0. The minimum atomic E-state index is -1.02. The van der Waals surface area contributed by atoms with Gasteiger partial charge in [-0.25, -0.2) is 23.5 Å². The van der Waals surface area contributed by atoms with Gasteiger partial charge in [-0.05, 0) is 126 Å². The first kappa shape index (κ1) is 64.1. The minimum absolute atomic E-state index is 0.0124. The van der Waals surface area contributed by atoms with Crippen molar-refractivity contribution in [2.45, 2.75) is 167 Å². The number of aliphatic hydroxyl groups is 2. The average Bonchev–Trinajstić information content (AvgIpc) is 1.33. The zero-order valence-electron chi connectivity index (χ0n) is 54.6. The Morgan fingerprint density at radius 1 is 0.894 bits per heavy atom. The molecule has 1 unspecified atom stereocenters. The zero-order chi connectivity index (χ0) is 65.7. The Bertz CT molecular complexity index is 4070. The number of aromatic nitrogens is 8. The van der Waals surface area contributed by atoms with Crippen molar-refractivity contribution in [2.75, 3.05) is 58.0 Å². The molecule has 94 heavy (non-hydrogen) atoms. The van der Waals surface area contributed by atoms with Gasteiger partial charge in [0.1, 0.15) is 53.7 Å². The number of nitrogens with zero attached hydrogens (tertiary/aromatic N) is 11. The standard InChI is InChI=1S/C70H83FN12O11/c1-39(2)62(67(87)81-33-48(85)28-57(81)66(86)74-55(35-84)45-20-22-46(23-21-45)63-41(4)72-38-93-63)82-34-54(77-78-82)44-16-14-42(15-17-44)36-91-64-60(59-40(3)53(71)30-56-52(59)31-73-83(56)58-13-9-10-26-90-58)50(43-18-19-43)29-51-61(64)75-68(92-37-49-12-11-27-89-49)76-65(51)79(8)47-24-25-80(32-47)69(88)94-70(5,6)7/h14-17,20-23,29-31,34,38-39,43,47-49,55,57-58,62,84-85H,9-13,18-19,24-28,32-33,35-37H2,1-8H3,(H,74,86)/t47-,48+,49-,55-,57-,58?,62-/m0/s1. The lowest BCUT2D eigenvalue weighted by Crippen LogP contribution is -2.50. The van der Waals surface area contributed by atoms with Crippen molar-refractivity contribution in [3.63, 3.8) is 0 Å². The van der Waals surface area contributed by atoms with E-state index in [0.717, 1.165) is 72.7 Å². The molecule has 0 bridgehead atoms. The number of ether oxygens (including phenoxy) is 5. The number of benzene rings is 4. The number of likely N-dealkylation sites (N-methyl/N-ethyl adjacent to an activating group) is 1. The van der Waals surface area contributed by atoms with Gasteiger partial charge in [0.2, 0.25) is 11.8 Å². The van der Waals surface area contributed by atoms with Gasteiger partial charge in [-0.1, -0.05) is 67.6 Å². The van der Waals surface area contributed by atoms with E-state index in [1.165, 1.54) is 16.0 Å². The first-order valence-electron chi connectivity index (χ1n) is 32.9. The molecule has 4 aromatic heterocycles. The number of fused-ring (bicyclic) bond motifs is 2. The van der Waals surface area contributed by atoms with Crippen LogP contribution < -0.4 is 19.7 Å². The molecule has 1 saturated carbocycles. The fourth-order valence-corrected chi connectivity index (χ4v) is 13.7. The average molecular weight is 1290 g/mol. The molecule has 4 aromatic carbocycles. The summed E-state index contributed by atoms with van der Waals surface area (Å²) in [4.78, 5) is 62.1. The van der Waals surface area contributed by atoms with Crippen LogP contribution in [0.25, 0.3) is 55.5 Å². The molecule has 4 saturated heterocycles. The molecule has 7 atom stereocenters. The number of aryl methyl sites for hydroxylation is 1. The highest BCUT2D eigenvalue weighted by Crippen LogP contribution is 2.54. The number of oxazole rings is 1. The molecule has 23 nitrogen and oxygen atoms in total. The highest BCUT2D eigenvalue weighted by Gasteiger charge is 2.44. The Hall–Kier alpha value is -8.58. The lowest BCUT2D eigenvalue weighted by atomic mass is 9.88. The topological polar surface area (TPSA) is 260 Å². The van der Waals surface area contributed by atoms with Gasteiger partial charge >= 0.3 is 12.1 Å². The molecule has 0 radical (unpaired) electrons. The molecule has 8 aromatic rings. The number of rotatable bonds is 20. The van der Waals surface area contributed by atoms with Crippen LogP contribution in [0.4, 0.5) is 15.0 Å². The van der Waals surface area contributed by atoms with E-state index in [1.54, 1.807) is 36.2 Å². The Labute approximate surface area is 544 Å². The minimum Gasteiger partial charge on any atom is -0.486 e. The molecule has 4 aliphatic heterocycles. The fraction of sp³-hybridized carbons (Fsp3) is 0.500. The quantitative estimate of drug-likeness (QED) is 0.0641. The summed E-state index contributed by atoms with van der Waals surface area (Å²) in [7, 11) is 1.99. The summed E-state index contributed by atoms with van der Waals surface area (Å²) in [5.74, 6) is 0.134. The summed E-state index contributed by atoms with van der Waals surface area (Å²) < 4.78 is 57.7. The lowest BCUT2D eigenvalue weighted by molar-refractivity contribution is -0.142. The van der Waals surface area contributed by atoms with Gasteiger partial charge in [0.05, 0.1) is 48.5 Å². The van der Waals surface area contributed by atoms with E-state index in [9.17, 15) is 24.6 Å². The van der Waals surface area contributed by atoms with Crippen molar-refractivity contribution in [3.05, 3.63) is 113 Å². The number of hydrogen-bond donors (Lipinski definition) is 3. The van der Waals surface area contributed by atoms with E-state index in [-0.39, 0.29) is 68.5 Å². The van der Waals surface area contributed by atoms with Gasteiger partial charge < -0.3 is 58.3 Å². The molecule has 5 fully saturated rings. The van der Waals surface area contributed by atoms with E-state index >= 15 is 4.39 Å². The molecule has 1 aliphatic carbocycles. The van der Waals surface area contributed by atoms with Crippen molar-refractivity contribution < 1.29 is 57.1 Å². The van der Waals surface area contributed by atoms with Crippen molar-refractivity contribution in [1.29, 1.82) is 0 Å². The number of aliphatic hydroxyl groups excluding tert-OH is 2. The molecule has 24 heteroatoms. The highest BCUT2D eigenvalue weighted by molar-refractivity contribution is 6.06. The molecule has 13 rings (SSSR count). The fourth-order valence-electron chi connectivity index (χ4n) is 13.7. The largest absolute Gasteiger partial charge is 0.486 e. The van der Waals surface area contributed by atoms with Crippen molar-refractivity contribution in [2.24, 2.45) is 5.92 Å². The predicted octanol–water partition coefficient (Wildman–Crippen LogP) is 10.5. The van der Waals surface area contributed by atoms with Crippen LogP contribution in [-0.4, -0.2) is 161 Å². The van der Waals surface area contributed by atoms with Crippen LogP contribution in [0.3, 0.4) is 0 Å². The second kappa shape index (κ2) is 26.7. The van der Waals surface area contributed by atoms with Crippen molar-refractivity contribution >= 4 is 45.5 Å². The third kappa shape index (κ3) is 13.2. The molecule has 3 N–H and O–H groups in total.